The van der Waals surface area contributed by atoms with Gasteiger partial charge in [0.05, 0.1) is 0 Å². The van der Waals surface area contributed by atoms with E-state index in [2.05, 4.69) is 0 Å². The summed E-state index contributed by atoms with van der Waals surface area (Å²) in [5.74, 6) is 3.25. The monoisotopic (exact) mass is 189 g/mol. The van der Waals surface area contributed by atoms with Gasteiger partial charge in [-0.3, -0.25) is 15.0 Å². The van der Waals surface area contributed by atoms with Gasteiger partial charge in [0, 0.05) is 13.1 Å². The van der Waals surface area contributed by atoms with E-state index in [0.717, 1.165) is 0 Å². The maximum Gasteiger partial charge on any atom is 0.323 e. The van der Waals surface area contributed by atoms with Crippen molar-refractivity contribution < 1.29 is 14.0 Å². The van der Waals surface area contributed by atoms with Gasteiger partial charge in [0.15, 0.2) is 0 Å². The van der Waals surface area contributed by atoms with Crippen molar-refractivity contribution in [2.45, 2.75) is 19.0 Å². The number of hydrogen-bond donors (Lipinski definition) is 2. The van der Waals surface area contributed by atoms with Crippen LogP contribution in [0.1, 0.15) is 12.8 Å². The molecule has 1 heterocycles. The van der Waals surface area contributed by atoms with Crippen LogP contribution in [-0.2, 0) is 9.59 Å². The Kier molecular flexibility index (Phi) is 3.18. The largest absolute Gasteiger partial charge is 0.334 e. The van der Waals surface area contributed by atoms with Crippen LogP contribution in [0.2, 0.25) is 0 Å². The molecule has 6 heteroatoms. The average molecular weight is 189 g/mol. The Bertz CT molecular complexity index is 214. The Balaban J connectivity index is 2.44. The van der Waals surface area contributed by atoms with Crippen molar-refractivity contribution in [1.82, 2.24) is 10.3 Å². The van der Waals surface area contributed by atoms with E-state index in [-0.39, 0.29) is 13.1 Å². The molecule has 0 unspecified atom stereocenters. The third-order valence-electron chi connectivity index (χ3n) is 2.04. The molecule has 0 spiro atoms. The fraction of sp³-hybridized carbons (Fsp3) is 0.714. The molecule has 0 radical (unpaired) electrons. The molecule has 1 fully saturated rings. The first-order valence-electron chi connectivity index (χ1n) is 4.09. The number of nitrogens with two attached hydrogens (primary N) is 1. The summed E-state index contributed by atoms with van der Waals surface area (Å²) in [6.07, 6.45) is -0.266. The number of likely N-dealkylation sites (tertiary alicyclic amines) is 1. The summed E-state index contributed by atoms with van der Waals surface area (Å²) < 4.78 is 12.6. The van der Waals surface area contributed by atoms with Gasteiger partial charge < -0.3 is 4.90 Å². The summed E-state index contributed by atoms with van der Waals surface area (Å²) in [7, 11) is 0. The molecule has 74 valence electrons. The molecule has 1 aliphatic heterocycles. The number of alkyl halides is 1. The molecule has 1 rings (SSSR count). The van der Waals surface area contributed by atoms with Crippen molar-refractivity contribution in [3.63, 3.8) is 0 Å². The Morgan fingerprint density at radius 3 is 2.38 bits per heavy atom. The highest BCUT2D eigenvalue weighted by Gasteiger charge is 2.25. The van der Waals surface area contributed by atoms with Crippen molar-refractivity contribution in [2.75, 3.05) is 13.1 Å². The molecular weight excluding hydrogens is 177 g/mol. The van der Waals surface area contributed by atoms with Crippen molar-refractivity contribution >= 4 is 11.8 Å². The van der Waals surface area contributed by atoms with E-state index in [1.54, 1.807) is 5.43 Å². The van der Waals surface area contributed by atoms with Gasteiger partial charge in [-0.1, -0.05) is 0 Å². The Hall–Kier alpha value is -1.17. The third kappa shape index (κ3) is 2.38. The molecule has 1 saturated heterocycles. The van der Waals surface area contributed by atoms with E-state index in [1.807, 2.05) is 0 Å². The first-order chi connectivity index (χ1) is 6.15. The number of nitrogens with zero attached hydrogens (tertiary/aromatic N) is 1. The van der Waals surface area contributed by atoms with E-state index in [9.17, 15) is 14.0 Å². The molecule has 3 N–H and O–H groups in total. The zero-order chi connectivity index (χ0) is 9.84. The number of hydrazine groups is 1. The van der Waals surface area contributed by atoms with Crippen LogP contribution in [0.25, 0.3) is 0 Å². The van der Waals surface area contributed by atoms with E-state index >= 15 is 0 Å². The van der Waals surface area contributed by atoms with Crippen LogP contribution in [0.5, 0.6) is 0 Å². The molecule has 2 amide bonds. The van der Waals surface area contributed by atoms with Gasteiger partial charge in [-0.05, 0) is 12.8 Å². The van der Waals surface area contributed by atoms with E-state index in [0.29, 0.717) is 12.8 Å². The lowest BCUT2D eigenvalue weighted by molar-refractivity contribution is -0.146. The topological polar surface area (TPSA) is 75.4 Å². The fourth-order valence-electron chi connectivity index (χ4n) is 1.26. The molecule has 1 aliphatic rings. The number of hydrogen-bond acceptors (Lipinski definition) is 3. The van der Waals surface area contributed by atoms with Crippen molar-refractivity contribution in [2.24, 2.45) is 5.84 Å². The van der Waals surface area contributed by atoms with Crippen LogP contribution in [0.4, 0.5) is 4.39 Å². The number of halogens is 1. The van der Waals surface area contributed by atoms with Crippen LogP contribution >= 0.6 is 0 Å². The highest BCUT2D eigenvalue weighted by atomic mass is 19.1. The fourth-order valence-corrected chi connectivity index (χ4v) is 1.26. The van der Waals surface area contributed by atoms with Gasteiger partial charge in [0.2, 0.25) is 0 Å². The molecule has 0 saturated carbocycles. The molecule has 0 aromatic rings. The predicted molar refractivity (Wildman–Crippen MR) is 43.0 cm³/mol. The van der Waals surface area contributed by atoms with Gasteiger partial charge in [-0.2, -0.15) is 0 Å². The molecular formula is C7H12FN3O2. The van der Waals surface area contributed by atoms with Crippen molar-refractivity contribution in [1.29, 1.82) is 0 Å². The molecule has 0 aromatic heterocycles. The van der Waals surface area contributed by atoms with E-state index in [1.165, 1.54) is 4.90 Å². The number of nitrogens with one attached hydrogen (secondary N) is 1. The second kappa shape index (κ2) is 4.18. The summed E-state index contributed by atoms with van der Waals surface area (Å²) >= 11 is 0. The Morgan fingerprint density at radius 2 is 1.92 bits per heavy atom. The van der Waals surface area contributed by atoms with Crippen LogP contribution < -0.4 is 11.3 Å². The minimum atomic E-state index is -0.856. The first kappa shape index (κ1) is 9.91. The molecule has 0 bridgehead atoms. The summed E-state index contributed by atoms with van der Waals surface area (Å²) in [4.78, 5) is 23.2. The van der Waals surface area contributed by atoms with Gasteiger partial charge in [-0.15, -0.1) is 0 Å². The maximum atomic E-state index is 12.6. The lowest BCUT2D eigenvalue weighted by Gasteiger charge is -2.27. The second-order valence-electron chi connectivity index (χ2n) is 2.94. The maximum absolute atomic E-state index is 12.6. The first-order valence-corrected chi connectivity index (χ1v) is 4.09. The SMILES string of the molecule is NNC(=O)C(=O)N1CCC(F)CC1. The van der Waals surface area contributed by atoms with Crippen LogP contribution in [0.15, 0.2) is 0 Å². The molecule has 0 atom stereocenters. The van der Waals surface area contributed by atoms with Crippen LogP contribution in [0, 0.1) is 0 Å². The number of piperidine rings is 1. The molecule has 5 nitrogen and oxygen atoms in total. The summed E-state index contributed by atoms with van der Waals surface area (Å²) in [6, 6.07) is 0. The minimum absolute atomic E-state index is 0.285. The normalized spacial score (nSPS) is 18.5. The number of rotatable bonds is 0. The lowest BCUT2D eigenvalue weighted by atomic mass is 10.1. The minimum Gasteiger partial charge on any atom is -0.334 e. The lowest BCUT2D eigenvalue weighted by Crippen LogP contribution is -2.48. The molecule has 0 aliphatic carbocycles. The molecule has 13 heavy (non-hydrogen) atoms. The number of carbonyl (C=O) groups is 2. The van der Waals surface area contributed by atoms with Gasteiger partial charge in [0.25, 0.3) is 0 Å². The third-order valence-corrected chi connectivity index (χ3v) is 2.04. The van der Waals surface area contributed by atoms with Crippen LogP contribution in [-0.4, -0.2) is 36.0 Å². The predicted octanol–water partition coefficient (Wildman–Crippen LogP) is -1.06. The van der Waals surface area contributed by atoms with Crippen LogP contribution in [0.3, 0.4) is 0 Å². The second-order valence-corrected chi connectivity index (χ2v) is 2.94. The quantitative estimate of drug-likeness (QED) is 0.221. The smallest absolute Gasteiger partial charge is 0.323 e. The average Bonchev–Trinajstić information content (AvgIpc) is 2.17. The Morgan fingerprint density at radius 1 is 1.38 bits per heavy atom. The number of amides is 2. The molecule has 0 aromatic carbocycles. The Labute approximate surface area is 75.0 Å². The summed E-state index contributed by atoms with van der Waals surface area (Å²) in [5.41, 5.74) is 1.75. The van der Waals surface area contributed by atoms with Gasteiger partial charge in [0.1, 0.15) is 6.17 Å². The summed E-state index contributed by atoms with van der Waals surface area (Å²) in [5, 5.41) is 0. The van der Waals surface area contributed by atoms with E-state index in [4.69, 9.17) is 5.84 Å². The van der Waals surface area contributed by atoms with Crippen molar-refractivity contribution in [3.8, 4) is 0 Å². The van der Waals surface area contributed by atoms with Gasteiger partial charge in [-0.25, -0.2) is 10.2 Å². The number of carbonyl (C=O) groups excluding carboxylic acids is 2. The zero-order valence-electron chi connectivity index (χ0n) is 7.12. The van der Waals surface area contributed by atoms with E-state index < -0.39 is 18.0 Å². The highest BCUT2D eigenvalue weighted by Crippen LogP contribution is 2.12. The van der Waals surface area contributed by atoms with Gasteiger partial charge >= 0.3 is 11.8 Å². The van der Waals surface area contributed by atoms with Crippen molar-refractivity contribution in [3.05, 3.63) is 0 Å². The highest BCUT2D eigenvalue weighted by molar-refractivity contribution is 6.34. The summed E-state index contributed by atoms with van der Waals surface area (Å²) in [6.45, 7) is 0.570. The zero-order valence-corrected chi connectivity index (χ0v) is 7.12. The standard InChI is InChI=1S/C7H12FN3O2/c8-5-1-3-11(4-2-5)7(13)6(12)10-9/h5H,1-4,9H2,(H,10,12).